The second kappa shape index (κ2) is 12.0. The van der Waals surface area contributed by atoms with Gasteiger partial charge in [0.1, 0.15) is 6.54 Å². The van der Waals surface area contributed by atoms with Gasteiger partial charge >= 0.3 is 0 Å². The molecule has 4 aromatic rings. The fraction of sp³-hybridized carbons (Fsp3) is 0.333. The maximum Gasteiger partial charge on any atom is 0.254 e. The van der Waals surface area contributed by atoms with Crippen LogP contribution in [0.4, 0.5) is 0 Å². The molecule has 41 heavy (non-hydrogen) atoms. The first-order valence-corrected chi connectivity index (χ1v) is 15.5. The lowest BCUT2D eigenvalue weighted by Crippen LogP contribution is -2.49. The Labute approximate surface area is 248 Å². The Kier molecular flexibility index (Phi) is 8.46. The normalized spacial score (nSPS) is 15.7. The Morgan fingerprint density at radius 3 is 2.22 bits per heavy atom. The first-order chi connectivity index (χ1) is 19.7. The Balaban J connectivity index is 1.40. The summed E-state index contributed by atoms with van der Waals surface area (Å²) in [5.74, 6) is -0.118. The Morgan fingerprint density at radius 2 is 1.59 bits per heavy atom. The third kappa shape index (κ3) is 6.15. The van der Waals surface area contributed by atoms with E-state index >= 15 is 0 Å². The molecule has 5 rings (SSSR count). The fourth-order valence-corrected chi connectivity index (χ4v) is 6.50. The van der Waals surface area contributed by atoms with Gasteiger partial charge in [-0.25, -0.2) is 0 Å². The van der Waals surface area contributed by atoms with E-state index in [1.54, 1.807) is 16.2 Å². The van der Waals surface area contributed by atoms with Gasteiger partial charge in [-0.3, -0.25) is 9.59 Å². The highest BCUT2D eigenvalue weighted by Gasteiger charge is 2.35. The van der Waals surface area contributed by atoms with Crippen molar-refractivity contribution in [2.24, 2.45) is 0 Å². The van der Waals surface area contributed by atoms with Gasteiger partial charge in [-0.15, -0.1) is 11.3 Å². The molecule has 3 aromatic carbocycles. The number of carbonyl (C=O) groups excluding carboxylic acids is 2. The number of thiophene rings is 1. The van der Waals surface area contributed by atoms with Crippen LogP contribution in [0.25, 0.3) is 11.1 Å². The van der Waals surface area contributed by atoms with Gasteiger partial charge in [-0.05, 0) is 76.6 Å². The molecule has 1 aliphatic rings. The molecule has 2 heterocycles. The highest BCUT2D eigenvalue weighted by atomic mass is 32.1. The van der Waals surface area contributed by atoms with Gasteiger partial charge < -0.3 is 9.80 Å². The van der Waals surface area contributed by atoms with Crippen LogP contribution in [-0.2, 0) is 16.6 Å². The van der Waals surface area contributed by atoms with Gasteiger partial charge in [-0.1, -0.05) is 94.4 Å². The maximum atomic E-state index is 14.1. The molecule has 0 radical (unpaired) electrons. The molecule has 0 fully saturated rings. The molecule has 2 amide bonds. The van der Waals surface area contributed by atoms with Gasteiger partial charge in [0.25, 0.3) is 5.91 Å². The van der Waals surface area contributed by atoms with E-state index in [0.29, 0.717) is 12.1 Å². The van der Waals surface area contributed by atoms with Crippen LogP contribution >= 0.6 is 11.3 Å². The van der Waals surface area contributed by atoms with Crippen molar-refractivity contribution in [3.63, 3.8) is 0 Å². The number of hydrogen-bond donors (Lipinski definition) is 0. The molecule has 0 unspecified atom stereocenters. The third-order valence-corrected chi connectivity index (χ3v) is 9.30. The second-order valence-electron chi connectivity index (χ2n) is 12.0. The summed E-state index contributed by atoms with van der Waals surface area (Å²) in [6.07, 6.45) is 1.61. The zero-order chi connectivity index (χ0) is 29.1. The number of amides is 2. The number of benzene rings is 3. The minimum Gasteiger partial charge on any atom is -0.330 e. The highest BCUT2D eigenvalue weighted by molar-refractivity contribution is 7.10. The van der Waals surface area contributed by atoms with Crippen LogP contribution in [0.3, 0.4) is 0 Å². The molecule has 212 valence electrons. The van der Waals surface area contributed by atoms with Gasteiger partial charge in [0.2, 0.25) is 5.91 Å². The minimum absolute atomic E-state index is 0.0127. The molecule has 0 spiro atoms. The topological polar surface area (TPSA) is 40.6 Å². The molecule has 1 aliphatic heterocycles. The number of nitrogens with zero attached hydrogens (tertiary/aromatic N) is 2. The Morgan fingerprint density at radius 1 is 0.927 bits per heavy atom. The Hall–Kier alpha value is -3.70. The van der Waals surface area contributed by atoms with Crippen molar-refractivity contribution < 1.29 is 9.59 Å². The molecule has 2 atom stereocenters. The van der Waals surface area contributed by atoms with E-state index in [9.17, 15) is 9.59 Å². The van der Waals surface area contributed by atoms with E-state index in [1.807, 2.05) is 54.3 Å². The van der Waals surface area contributed by atoms with Crippen molar-refractivity contribution >= 4 is 23.2 Å². The first-order valence-electron chi connectivity index (χ1n) is 14.6. The summed E-state index contributed by atoms with van der Waals surface area (Å²) in [5.41, 5.74) is 6.43. The summed E-state index contributed by atoms with van der Waals surface area (Å²) < 4.78 is 0. The van der Waals surface area contributed by atoms with Gasteiger partial charge in [0, 0.05) is 23.0 Å². The third-order valence-electron chi connectivity index (χ3n) is 8.31. The van der Waals surface area contributed by atoms with Crippen molar-refractivity contribution in [2.75, 3.05) is 13.1 Å². The molecule has 0 saturated carbocycles. The molecule has 0 saturated heterocycles. The Bertz CT molecular complexity index is 1480. The van der Waals surface area contributed by atoms with Crippen LogP contribution in [0.5, 0.6) is 0 Å². The van der Waals surface area contributed by atoms with Crippen molar-refractivity contribution in [2.45, 2.75) is 65.0 Å². The van der Waals surface area contributed by atoms with Crippen molar-refractivity contribution in [3.8, 4) is 11.1 Å². The molecule has 0 aliphatic carbocycles. The summed E-state index contributed by atoms with van der Waals surface area (Å²) in [7, 11) is 0. The molecule has 0 bridgehead atoms. The smallest absolute Gasteiger partial charge is 0.254 e. The summed E-state index contributed by atoms with van der Waals surface area (Å²) in [5, 5.41) is 2.13. The summed E-state index contributed by atoms with van der Waals surface area (Å²) in [6, 6.07) is 28.5. The number of fused-ring (bicyclic) bond motifs is 1. The standard InChI is InChI=1S/C36H40N2O2S/c1-6-25(2)38(35(40)29-14-12-27(13-15-29)26-10-8-7-9-11-26)24-33(39)37-22-20-32-31(21-23-41-32)34(37)28-16-18-30(19-17-28)36(3,4)5/h7-19,21,23,25,34H,6,20,22,24H2,1-5H3/t25-,34+/m1/s1. The number of carbonyl (C=O) groups is 2. The number of rotatable bonds is 7. The van der Waals surface area contributed by atoms with E-state index in [0.717, 1.165) is 29.5 Å². The summed E-state index contributed by atoms with van der Waals surface area (Å²) in [4.78, 5) is 33.0. The average molecular weight is 565 g/mol. The molecular formula is C36H40N2O2S. The lowest BCUT2D eigenvalue weighted by molar-refractivity contribution is -0.134. The van der Waals surface area contributed by atoms with Gasteiger partial charge in [0.15, 0.2) is 0 Å². The van der Waals surface area contributed by atoms with Crippen LogP contribution < -0.4 is 0 Å². The molecule has 4 nitrogen and oxygen atoms in total. The van der Waals surface area contributed by atoms with E-state index in [2.05, 4.69) is 75.5 Å². The predicted molar refractivity (Wildman–Crippen MR) is 169 cm³/mol. The van der Waals surface area contributed by atoms with Crippen LogP contribution in [-0.4, -0.2) is 40.7 Å². The minimum atomic E-state index is -0.148. The SMILES string of the molecule is CC[C@@H](C)N(CC(=O)N1CCc2sccc2[C@@H]1c1ccc(C(C)(C)C)cc1)C(=O)c1ccc(-c2ccccc2)cc1. The second-order valence-corrected chi connectivity index (χ2v) is 13.0. The van der Waals surface area contributed by atoms with Crippen LogP contribution in [0, 0.1) is 0 Å². The van der Waals surface area contributed by atoms with Crippen molar-refractivity contribution in [1.82, 2.24) is 9.80 Å². The maximum absolute atomic E-state index is 14.1. The molecular weight excluding hydrogens is 524 g/mol. The predicted octanol–water partition coefficient (Wildman–Crippen LogP) is 8.13. The van der Waals surface area contributed by atoms with E-state index < -0.39 is 0 Å². The zero-order valence-corrected chi connectivity index (χ0v) is 25.6. The number of hydrogen-bond acceptors (Lipinski definition) is 3. The van der Waals surface area contributed by atoms with E-state index in [1.165, 1.54) is 16.0 Å². The summed E-state index contributed by atoms with van der Waals surface area (Å²) >= 11 is 1.77. The lowest BCUT2D eigenvalue weighted by atomic mass is 9.85. The molecule has 0 N–H and O–H groups in total. The van der Waals surface area contributed by atoms with Gasteiger partial charge in [-0.2, -0.15) is 0 Å². The molecule has 5 heteroatoms. The fourth-order valence-electron chi connectivity index (χ4n) is 5.60. The summed E-state index contributed by atoms with van der Waals surface area (Å²) in [6.45, 7) is 11.4. The average Bonchev–Trinajstić information content (AvgIpc) is 3.48. The van der Waals surface area contributed by atoms with E-state index in [4.69, 9.17) is 0 Å². The highest BCUT2D eigenvalue weighted by Crippen LogP contribution is 2.38. The zero-order valence-electron chi connectivity index (χ0n) is 24.8. The van der Waals surface area contributed by atoms with Crippen LogP contribution in [0.2, 0.25) is 0 Å². The quantitative estimate of drug-likeness (QED) is 0.227. The first kappa shape index (κ1) is 28.8. The van der Waals surface area contributed by atoms with Gasteiger partial charge in [0.05, 0.1) is 6.04 Å². The molecule has 1 aromatic heterocycles. The largest absolute Gasteiger partial charge is 0.330 e. The van der Waals surface area contributed by atoms with Crippen LogP contribution in [0.1, 0.15) is 79.0 Å². The lowest BCUT2D eigenvalue weighted by Gasteiger charge is -2.38. The van der Waals surface area contributed by atoms with Crippen molar-refractivity contribution in [1.29, 1.82) is 0 Å². The van der Waals surface area contributed by atoms with E-state index in [-0.39, 0.29) is 35.9 Å². The monoisotopic (exact) mass is 564 g/mol. The van der Waals surface area contributed by atoms with Crippen molar-refractivity contribution in [3.05, 3.63) is 117 Å². The van der Waals surface area contributed by atoms with Crippen LogP contribution in [0.15, 0.2) is 90.3 Å².